The molecule has 1 aliphatic heterocycles. The minimum Gasteiger partial charge on any atom is -0.493 e. The predicted molar refractivity (Wildman–Crippen MR) is 85.9 cm³/mol. The Hall–Kier alpha value is -0.780. The van der Waals surface area contributed by atoms with Gasteiger partial charge in [0.1, 0.15) is 5.75 Å². The van der Waals surface area contributed by atoms with Gasteiger partial charge in [-0.25, -0.2) is 8.42 Å². The van der Waals surface area contributed by atoms with Gasteiger partial charge in [-0.05, 0) is 38.6 Å². The van der Waals surface area contributed by atoms with E-state index in [9.17, 15) is 8.42 Å². The lowest BCUT2D eigenvalue weighted by Gasteiger charge is -2.29. The molecule has 2 rings (SSSR count). The Morgan fingerprint density at radius 3 is 2.67 bits per heavy atom. The number of benzene rings is 1. The quantitative estimate of drug-likeness (QED) is 0.831. The fourth-order valence-corrected chi connectivity index (χ4v) is 3.78. The zero-order valence-electron chi connectivity index (χ0n) is 12.9. The Balaban J connectivity index is 2.19. The van der Waals surface area contributed by atoms with Crippen LogP contribution < -0.4 is 4.74 Å². The van der Waals surface area contributed by atoms with Crippen LogP contribution in [0.1, 0.15) is 25.0 Å². The van der Waals surface area contributed by atoms with Crippen molar-refractivity contribution in [3.8, 4) is 5.75 Å². The van der Waals surface area contributed by atoms with Crippen molar-refractivity contribution in [2.75, 3.05) is 19.9 Å². The average molecular weight is 332 g/mol. The zero-order chi connectivity index (χ0) is 15.8. The van der Waals surface area contributed by atoms with Gasteiger partial charge in [0.2, 0.25) is 0 Å². The zero-order valence-corrected chi connectivity index (χ0v) is 14.5. The monoisotopic (exact) mass is 331 g/mol. The lowest BCUT2D eigenvalue weighted by Crippen LogP contribution is -2.40. The molecule has 0 radical (unpaired) electrons. The molecule has 2 atom stereocenters. The normalized spacial score (nSPS) is 17.4. The Morgan fingerprint density at radius 1 is 1.38 bits per heavy atom. The van der Waals surface area contributed by atoms with Gasteiger partial charge in [0.15, 0.2) is 9.84 Å². The first kappa shape index (κ1) is 16.6. The molecule has 0 aliphatic carbocycles. The summed E-state index contributed by atoms with van der Waals surface area (Å²) in [5.74, 6) is 0.908. The average Bonchev–Trinajstić information content (AvgIpc) is 2.83. The molecule has 0 N–H and O–H groups in total. The number of rotatable bonds is 5. The van der Waals surface area contributed by atoms with Crippen molar-refractivity contribution in [1.29, 1.82) is 0 Å². The summed E-state index contributed by atoms with van der Waals surface area (Å²) >= 11 is 6.16. The van der Waals surface area contributed by atoms with E-state index in [2.05, 4.69) is 0 Å². The maximum atomic E-state index is 11.7. The van der Waals surface area contributed by atoms with Crippen molar-refractivity contribution in [2.45, 2.75) is 38.1 Å². The standard InChI is InChI=1S/C15H22ClNO3S/c1-10(11(2)21(4,18)19)17(3)9-13-8-14(16)7-12-5-6-20-15(12)13/h7-8,10-11H,5-6,9H2,1-4H3/t10-,11-/m0/s1. The second kappa shape index (κ2) is 6.15. The highest BCUT2D eigenvalue weighted by atomic mass is 35.5. The molecule has 118 valence electrons. The molecule has 0 unspecified atom stereocenters. The molecule has 0 saturated heterocycles. The van der Waals surface area contributed by atoms with Crippen molar-refractivity contribution in [1.82, 2.24) is 4.90 Å². The van der Waals surface area contributed by atoms with Crippen LogP contribution in [0.5, 0.6) is 5.75 Å². The first-order valence-corrected chi connectivity index (χ1v) is 9.36. The first-order valence-electron chi connectivity index (χ1n) is 7.03. The van der Waals surface area contributed by atoms with Crippen molar-refractivity contribution in [3.63, 3.8) is 0 Å². The van der Waals surface area contributed by atoms with Gasteiger partial charge in [-0.2, -0.15) is 0 Å². The van der Waals surface area contributed by atoms with Gasteiger partial charge < -0.3 is 4.74 Å². The fraction of sp³-hybridized carbons (Fsp3) is 0.600. The Morgan fingerprint density at radius 2 is 2.05 bits per heavy atom. The van der Waals surface area contributed by atoms with Gasteiger partial charge in [0.25, 0.3) is 0 Å². The molecule has 0 saturated carbocycles. The van der Waals surface area contributed by atoms with Crippen LogP contribution >= 0.6 is 11.6 Å². The Kier molecular flexibility index (Phi) is 4.85. The van der Waals surface area contributed by atoms with Crippen LogP contribution in [-0.2, 0) is 22.8 Å². The van der Waals surface area contributed by atoms with Crippen LogP contribution in [0.4, 0.5) is 0 Å². The summed E-state index contributed by atoms with van der Waals surface area (Å²) in [6.45, 7) is 4.97. The van der Waals surface area contributed by atoms with E-state index in [0.717, 1.165) is 23.3 Å². The van der Waals surface area contributed by atoms with E-state index in [-0.39, 0.29) is 6.04 Å². The van der Waals surface area contributed by atoms with Gasteiger partial charge in [-0.15, -0.1) is 0 Å². The van der Waals surface area contributed by atoms with Crippen molar-refractivity contribution in [3.05, 3.63) is 28.3 Å². The highest BCUT2D eigenvalue weighted by molar-refractivity contribution is 7.91. The maximum absolute atomic E-state index is 11.7. The van der Waals surface area contributed by atoms with E-state index in [1.807, 2.05) is 31.0 Å². The van der Waals surface area contributed by atoms with Gasteiger partial charge in [0.05, 0.1) is 11.9 Å². The van der Waals surface area contributed by atoms with E-state index in [1.54, 1.807) is 6.92 Å². The van der Waals surface area contributed by atoms with Crippen LogP contribution in [0.2, 0.25) is 5.02 Å². The summed E-state index contributed by atoms with van der Waals surface area (Å²) in [5.41, 5.74) is 2.15. The topological polar surface area (TPSA) is 46.6 Å². The van der Waals surface area contributed by atoms with Gasteiger partial charge >= 0.3 is 0 Å². The SMILES string of the molecule is C[C@@H]([C@H](C)S(C)(=O)=O)N(C)Cc1cc(Cl)cc2c1OCC2. The van der Waals surface area contributed by atoms with Gasteiger partial charge in [0, 0.05) is 35.8 Å². The number of ether oxygens (including phenoxy) is 1. The number of sulfone groups is 1. The van der Waals surface area contributed by atoms with E-state index >= 15 is 0 Å². The second-order valence-corrected chi connectivity index (χ2v) is 8.68. The number of hydrogen-bond donors (Lipinski definition) is 0. The van der Waals surface area contributed by atoms with Crippen LogP contribution in [0.25, 0.3) is 0 Å². The molecule has 0 fully saturated rings. The Bertz CT molecular complexity index is 630. The van der Waals surface area contributed by atoms with E-state index in [0.29, 0.717) is 18.2 Å². The number of halogens is 1. The molecule has 6 heteroatoms. The lowest BCUT2D eigenvalue weighted by molar-refractivity contribution is 0.240. The highest BCUT2D eigenvalue weighted by Gasteiger charge is 2.27. The third kappa shape index (κ3) is 3.71. The summed E-state index contributed by atoms with van der Waals surface area (Å²) in [4.78, 5) is 2.03. The van der Waals surface area contributed by atoms with Crippen molar-refractivity contribution in [2.24, 2.45) is 0 Å². The summed E-state index contributed by atoms with van der Waals surface area (Å²) in [7, 11) is -1.13. The molecule has 1 aromatic rings. The number of hydrogen-bond acceptors (Lipinski definition) is 4. The minimum absolute atomic E-state index is 0.0870. The van der Waals surface area contributed by atoms with Gasteiger partial charge in [-0.1, -0.05) is 11.6 Å². The summed E-state index contributed by atoms with van der Waals surface area (Å²) < 4.78 is 29.1. The van der Waals surface area contributed by atoms with Crippen molar-refractivity contribution >= 4 is 21.4 Å². The van der Waals surface area contributed by atoms with E-state index in [4.69, 9.17) is 16.3 Å². The molecule has 21 heavy (non-hydrogen) atoms. The number of nitrogens with zero attached hydrogens (tertiary/aromatic N) is 1. The van der Waals surface area contributed by atoms with Gasteiger partial charge in [-0.3, -0.25) is 4.90 Å². The largest absolute Gasteiger partial charge is 0.493 e. The molecule has 0 amide bonds. The molecule has 1 aliphatic rings. The molecule has 1 aromatic carbocycles. The minimum atomic E-state index is -3.06. The molecule has 1 heterocycles. The van der Waals surface area contributed by atoms with Crippen LogP contribution in [0.15, 0.2) is 12.1 Å². The predicted octanol–water partition coefficient (Wildman–Crippen LogP) is 2.53. The first-order chi connectivity index (χ1) is 9.70. The van der Waals surface area contributed by atoms with E-state index < -0.39 is 15.1 Å². The highest BCUT2D eigenvalue weighted by Crippen LogP contribution is 2.33. The van der Waals surface area contributed by atoms with Crippen LogP contribution in [0, 0.1) is 0 Å². The summed E-state index contributed by atoms with van der Waals surface area (Å²) in [6.07, 6.45) is 2.16. The Labute approximate surface area is 132 Å². The second-order valence-electron chi connectivity index (χ2n) is 5.84. The smallest absolute Gasteiger partial charge is 0.151 e. The third-order valence-corrected chi connectivity index (χ3v) is 6.26. The molecule has 0 bridgehead atoms. The molecular weight excluding hydrogens is 310 g/mol. The van der Waals surface area contributed by atoms with E-state index in [1.165, 1.54) is 6.26 Å². The lowest BCUT2D eigenvalue weighted by atomic mass is 10.1. The third-order valence-electron chi connectivity index (χ3n) is 4.30. The molecule has 4 nitrogen and oxygen atoms in total. The maximum Gasteiger partial charge on any atom is 0.151 e. The molecule has 0 spiro atoms. The van der Waals surface area contributed by atoms with Crippen molar-refractivity contribution < 1.29 is 13.2 Å². The summed E-state index contributed by atoms with van der Waals surface area (Å²) in [5, 5.41) is 0.280. The number of fused-ring (bicyclic) bond motifs is 1. The molecule has 0 aromatic heterocycles. The molecular formula is C15H22ClNO3S. The fourth-order valence-electron chi connectivity index (χ4n) is 2.59. The van der Waals surface area contributed by atoms with Crippen LogP contribution in [-0.4, -0.2) is 44.5 Å². The summed E-state index contributed by atoms with van der Waals surface area (Å²) in [6, 6.07) is 3.76. The van der Waals surface area contributed by atoms with Crippen LogP contribution in [0.3, 0.4) is 0 Å².